The Balaban J connectivity index is 1.46. The molecule has 0 bridgehead atoms. The van der Waals surface area contributed by atoms with Crippen LogP contribution >= 0.6 is 0 Å². The quantitative estimate of drug-likeness (QED) is 0.884. The van der Waals surface area contributed by atoms with Gasteiger partial charge >= 0.3 is 6.03 Å². The molecule has 2 amide bonds. The normalized spacial score (nSPS) is 20.6. The molecule has 19 heavy (non-hydrogen) atoms. The van der Waals surface area contributed by atoms with E-state index in [1.54, 1.807) is 10.7 Å². The van der Waals surface area contributed by atoms with Gasteiger partial charge in [0, 0.05) is 52.0 Å². The third kappa shape index (κ3) is 3.26. The fourth-order valence-corrected chi connectivity index (χ4v) is 2.47. The molecule has 0 unspecified atom stereocenters. The number of rotatable bonds is 3. The van der Waals surface area contributed by atoms with Gasteiger partial charge in [-0.25, -0.2) is 4.79 Å². The largest absolute Gasteiger partial charge is 0.323 e. The molecule has 0 radical (unpaired) electrons. The maximum Gasteiger partial charge on any atom is 0.323 e. The molecule has 3 rings (SSSR count). The molecule has 2 aliphatic rings. The zero-order valence-electron chi connectivity index (χ0n) is 11.4. The minimum Gasteiger partial charge on any atom is -0.322 e. The number of nitrogens with one attached hydrogen (secondary N) is 1. The van der Waals surface area contributed by atoms with Gasteiger partial charge in [0.2, 0.25) is 0 Å². The molecule has 1 N–H and O–H groups in total. The number of hydrogen-bond acceptors (Lipinski definition) is 3. The predicted molar refractivity (Wildman–Crippen MR) is 73.0 cm³/mol. The SMILES string of the molecule is Cn1ccc(NC(=O)N2CCN(CC3CC3)CC2)n1. The number of aromatic nitrogens is 2. The van der Waals surface area contributed by atoms with E-state index in [1.165, 1.54) is 19.4 Å². The van der Waals surface area contributed by atoms with Crippen LogP contribution in [0.5, 0.6) is 0 Å². The molecule has 6 nitrogen and oxygen atoms in total. The summed E-state index contributed by atoms with van der Waals surface area (Å²) in [5, 5.41) is 6.99. The van der Waals surface area contributed by atoms with Gasteiger partial charge in [0.15, 0.2) is 5.82 Å². The van der Waals surface area contributed by atoms with E-state index in [1.807, 2.05) is 18.1 Å². The van der Waals surface area contributed by atoms with Crippen molar-refractivity contribution in [2.24, 2.45) is 13.0 Å². The second-order valence-electron chi connectivity index (χ2n) is 5.54. The summed E-state index contributed by atoms with van der Waals surface area (Å²) >= 11 is 0. The Morgan fingerprint density at radius 2 is 2.11 bits per heavy atom. The summed E-state index contributed by atoms with van der Waals surface area (Å²) in [5.74, 6) is 1.54. The second-order valence-corrected chi connectivity index (χ2v) is 5.54. The first-order valence-corrected chi connectivity index (χ1v) is 6.98. The van der Waals surface area contributed by atoms with Crippen molar-refractivity contribution in [1.82, 2.24) is 19.6 Å². The van der Waals surface area contributed by atoms with Gasteiger partial charge in [-0.05, 0) is 18.8 Å². The lowest BCUT2D eigenvalue weighted by Crippen LogP contribution is -2.50. The van der Waals surface area contributed by atoms with Crippen molar-refractivity contribution < 1.29 is 4.79 Å². The van der Waals surface area contributed by atoms with Gasteiger partial charge in [-0.2, -0.15) is 5.10 Å². The van der Waals surface area contributed by atoms with Gasteiger partial charge in [0.05, 0.1) is 0 Å². The van der Waals surface area contributed by atoms with Gasteiger partial charge < -0.3 is 4.90 Å². The van der Waals surface area contributed by atoms with Crippen molar-refractivity contribution in [2.75, 3.05) is 38.0 Å². The maximum atomic E-state index is 12.1. The number of piperazine rings is 1. The van der Waals surface area contributed by atoms with Crippen molar-refractivity contribution in [3.63, 3.8) is 0 Å². The lowest BCUT2D eigenvalue weighted by Gasteiger charge is -2.34. The van der Waals surface area contributed by atoms with Crippen LogP contribution in [0.25, 0.3) is 0 Å². The van der Waals surface area contributed by atoms with Crippen LogP contribution in [0.2, 0.25) is 0 Å². The Morgan fingerprint density at radius 3 is 2.68 bits per heavy atom. The molecule has 0 atom stereocenters. The highest BCUT2D eigenvalue weighted by Gasteiger charge is 2.27. The molecule has 1 aliphatic heterocycles. The van der Waals surface area contributed by atoms with Crippen molar-refractivity contribution in [2.45, 2.75) is 12.8 Å². The number of hydrogen-bond donors (Lipinski definition) is 1. The Bertz CT molecular complexity index is 446. The third-order valence-electron chi connectivity index (χ3n) is 3.82. The number of amides is 2. The number of carbonyl (C=O) groups excluding carboxylic acids is 1. The Kier molecular flexibility index (Phi) is 3.42. The van der Waals surface area contributed by atoms with E-state index in [4.69, 9.17) is 0 Å². The maximum absolute atomic E-state index is 12.1. The van der Waals surface area contributed by atoms with E-state index >= 15 is 0 Å². The molecule has 0 aromatic carbocycles. The average molecular weight is 263 g/mol. The molecule has 1 saturated carbocycles. The molecule has 104 valence electrons. The number of anilines is 1. The van der Waals surface area contributed by atoms with Crippen molar-refractivity contribution >= 4 is 11.8 Å². The van der Waals surface area contributed by atoms with E-state index in [2.05, 4.69) is 15.3 Å². The van der Waals surface area contributed by atoms with Gasteiger partial charge in [-0.1, -0.05) is 0 Å². The second kappa shape index (κ2) is 5.21. The van der Waals surface area contributed by atoms with Crippen LogP contribution < -0.4 is 5.32 Å². The molecule has 1 aromatic rings. The van der Waals surface area contributed by atoms with E-state index in [0.29, 0.717) is 5.82 Å². The highest BCUT2D eigenvalue weighted by Crippen LogP contribution is 2.29. The predicted octanol–water partition coefficient (Wildman–Crippen LogP) is 0.980. The molecule has 1 aliphatic carbocycles. The van der Waals surface area contributed by atoms with Crippen molar-refractivity contribution in [1.29, 1.82) is 0 Å². The number of aryl methyl sites for hydroxylation is 1. The van der Waals surface area contributed by atoms with Gasteiger partial charge in [0.25, 0.3) is 0 Å². The zero-order valence-corrected chi connectivity index (χ0v) is 11.4. The first kappa shape index (κ1) is 12.5. The highest BCUT2D eigenvalue weighted by molar-refractivity contribution is 5.88. The van der Waals surface area contributed by atoms with Crippen LogP contribution in [0.3, 0.4) is 0 Å². The zero-order chi connectivity index (χ0) is 13.2. The smallest absolute Gasteiger partial charge is 0.322 e. The van der Waals surface area contributed by atoms with Crippen LogP contribution in [0.4, 0.5) is 10.6 Å². The van der Waals surface area contributed by atoms with Crippen LogP contribution in [0, 0.1) is 5.92 Å². The molecule has 2 fully saturated rings. The van der Waals surface area contributed by atoms with E-state index in [0.717, 1.165) is 32.1 Å². The Hall–Kier alpha value is -1.56. The summed E-state index contributed by atoms with van der Waals surface area (Å²) in [5.41, 5.74) is 0. The number of carbonyl (C=O) groups is 1. The van der Waals surface area contributed by atoms with Crippen LogP contribution in [-0.4, -0.2) is 58.3 Å². The minimum absolute atomic E-state index is 0.0372. The number of urea groups is 1. The van der Waals surface area contributed by atoms with Crippen molar-refractivity contribution in [3.05, 3.63) is 12.3 Å². The van der Waals surface area contributed by atoms with Gasteiger partial charge in [-0.3, -0.25) is 14.9 Å². The average Bonchev–Trinajstić information content (AvgIpc) is 3.12. The highest BCUT2D eigenvalue weighted by atomic mass is 16.2. The summed E-state index contributed by atoms with van der Waals surface area (Å²) in [7, 11) is 1.84. The lowest BCUT2D eigenvalue weighted by atomic mass is 10.3. The van der Waals surface area contributed by atoms with E-state index in [-0.39, 0.29) is 6.03 Å². The van der Waals surface area contributed by atoms with Gasteiger partial charge in [0.1, 0.15) is 0 Å². The standard InChI is InChI=1S/C13H21N5O/c1-16-5-4-12(15-16)14-13(19)18-8-6-17(7-9-18)10-11-2-3-11/h4-5,11H,2-3,6-10H2,1H3,(H,14,15,19). The third-order valence-corrected chi connectivity index (χ3v) is 3.82. The first-order valence-electron chi connectivity index (χ1n) is 6.98. The van der Waals surface area contributed by atoms with Gasteiger partial charge in [-0.15, -0.1) is 0 Å². The van der Waals surface area contributed by atoms with Crippen LogP contribution in [0.15, 0.2) is 12.3 Å². The fourth-order valence-electron chi connectivity index (χ4n) is 2.47. The molecule has 2 heterocycles. The fraction of sp³-hybridized carbons (Fsp3) is 0.692. The Morgan fingerprint density at radius 1 is 1.37 bits per heavy atom. The topological polar surface area (TPSA) is 53.4 Å². The molecular weight excluding hydrogens is 242 g/mol. The van der Waals surface area contributed by atoms with E-state index < -0.39 is 0 Å². The molecular formula is C13H21N5O. The minimum atomic E-state index is -0.0372. The molecule has 0 spiro atoms. The molecule has 6 heteroatoms. The van der Waals surface area contributed by atoms with Crippen LogP contribution in [-0.2, 0) is 7.05 Å². The monoisotopic (exact) mass is 263 g/mol. The summed E-state index contributed by atoms with van der Waals surface area (Å²) < 4.78 is 1.68. The summed E-state index contributed by atoms with van der Waals surface area (Å²) in [4.78, 5) is 16.4. The summed E-state index contributed by atoms with van der Waals surface area (Å²) in [6, 6.07) is 1.77. The Labute approximate surface area is 113 Å². The molecule has 1 saturated heterocycles. The lowest BCUT2D eigenvalue weighted by molar-refractivity contribution is 0.144. The number of nitrogens with zero attached hydrogens (tertiary/aromatic N) is 4. The summed E-state index contributed by atoms with van der Waals surface area (Å²) in [6.45, 7) is 4.82. The first-order chi connectivity index (χ1) is 9.20. The van der Waals surface area contributed by atoms with E-state index in [9.17, 15) is 4.79 Å². The van der Waals surface area contributed by atoms with Crippen LogP contribution in [0.1, 0.15) is 12.8 Å². The summed E-state index contributed by atoms with van der Waals surface area (Å²) in [6.07, 6.45) is 4.60. The van der Waals surface area contributed by atoms with Crippen molar-refractivity contribution in [3.8, 4) is 0 Å². The molecule has 1 aromatic heterocycles.